The minimum absolute atomic E-state index is 0.230. The Balaban J connectivity index is 1.14. The van der Waals surface area contributed by atoms with Crippen LogP contribution in [0.4, 0.5) is 0 Å². The third-order valence-corrected chi connectivity index (χ3v) is 17.7. The fourth-order valence-electron chi connectivity index (χ4n) is 9.22. The predicted octanol–water partition coefficient (Wildman–Crippen LogP) is 18.7. The molecule has 8 rings (SSSR count). The number of aryl methyl sites for hydroxylation is 2. The molecule has 0 spiro atoms. The van der Waals surface area contributed by atoms with E-state index in [1.807, 2.05) is 40.5 Å². The summed E-state index contributed by atoms with van der Waals surface area (Å²) in [6, 6.07) is 35.7. The van der Waals surface area contributed by atoms with Gasteiger partial charge in [0.25, 0.3) is 0 Å². The molecule has 1 N–H and O–H groups in total. The normalized spacial score (nSPS) is 12.2. The first-order valence-electron chi connectivity index (χ1n) is 24.8. The van der Waals surface area contributed by atoms with Crippen LogP contribution in [-0.4, -0.2) is 22.2 Å². The maximum atomic E-state index is 11.8. The van der Waals surface area contributed by atoms with Gasteiger partial charge in [-0.25, -0.2) is 4.79 Å². The van der Waals surface area contributed by atoms with E-state index in [4.69, 9.17) is 4.74 Å². The second kappa shape index (κ2) is 23.9. The Kier molecular flexibility index (Phi) is 17.4. The van der Waals surface area contributed by atoms with Gasteiger partial charge in [-0.05, 0) is 139 Å². The molecule has 348 valence electrons. The van der Waals surface area contributed by atoms with Gasteiger partial charge in [-0.2, -0.15) is 5.26 Å². The monoisotopic (exact) mass is 964 g/mol. The van der Waals surface area contributed by atoms with Crippen LogP contribution in [0.2, 0.25) is 0 Å². The maximum Gasteiger partial charge on any atom is 0.346 e. The molecule has 0 amide bonds. The summed E-state index contributed by atoms with van der Waals surface area (Å²) < 4.78 is 8.61. The highest BCUT2D eigenvalue weighted by atomic mass is 32.2. The number of carboxylic acid groups (broad SMARTS) is 1. The summed E-state index contributed by atoms with van der Waals surface area (Å²) in [6.45, 7) is 7.52. The molecule has 0 saturated carbocycles. The van der Waals surface area contributed by atoms with Gasteiger partial charge in [0.1, 0.15) is 17.4 Å². The zero-order valence-corrected chi connectivity index (χ0v) is 42.7. The summed E-state index contributed by atoms with van der Waals surface area (Å²) in [5.41, 5.74) is 8.54. The zero-order valence-electron chi connectivity index (χ0n) is 39.5. The van der Waals surface area contributed by atoms with E-state index >= 15 is 0 Å². The molecule has 1 aliphatic rings. The van der Waals surface area contributed by atoms with Crippen molar-refractivity contribution in [1.82, 2.24) is 4.57 Å². The third-order valence-electron chi connectivity index (χ3n) is 12.8. The van der Waals surface area contributed by atoms with Crippen LogP contribution < -0.4 is 4.74 Å². The number of aromatic nitrogens is 1. The summed E-state index contributed by atoms with van der Waals surface area (Å²) in [4.78, 5) is 21.5. The molecule has 7 aromatic rings. The molecule has 5 nitrogen and oxygen atoms in total. The van der Waals surface area contributed by atoms with E-state index in [1.165, 1.54) is 169 Å². The van der Waals surface area contributed by atoms with Crippen molar-refractivity contribution in [2.75, 3.05) is 6.61 Å². The van der Waals surface area contributed by atoms with Gasteiger partial charge in [-0.3, -0.25) is 0 Å². The minimum Gasteiger partial charge on any atom is -0.494 e. The Bertz CT molecular complexity index is 2830. The summed E-state index contributed by atoms with van der Waals surface area (Å²) in [6.07, 6.45) is 23.1. The molecule has 4 aromatic heterocycles. The van der Waals surface area contributed by atoms with Gasteiger partial charge in [0.15, 0.2) is 0 Å². The number of aliphatic carboxylic acids is 1. The Morgan fingerprint density at radius 3 is 1.94 bits per heavy atom. The molecule has 0 atom stereocenters. The Morgan fingerprint density at radius 1 is 0.642 bits per heavy atom. The fourth-order valence-corrected chi connectivity index (χ4v) is 14.0. The number of thiophene rings is 3. The molecule has 1 aliphatic heterocycles. The maximum absolute atomic E-state index is 11.8. The number of ether oxygens (including phenoxy) is 1. The summed E-state index contributed by atoms with van der Waals surface area (Å²) in [5, 5.41) is 20.5. The van der Waals surface area contributed by atoms with Crippen molar-refractivity contribution in [3.63, 3.8) is 0 Å². The molecule has 0 unspecified atom stereocenters. The van der Waals surface area contributed by atoms with Crippen molar-refractivity contribution in [1.29, 1.82) is 5.26 Å². The van der Waals surface area contributed by atoms with E-state index < -0.39 is 5.97 Å². The first-order chi connectivity index (χ1) is 32.9. The number of carboxylic acids is 1. The van der Waals surface area contributed by atoms with E-state index in [0.717, 1.165) is 42.9 Å². The van der Waals surface area contributed by atoms with Crippen molar-refractivity contribution in [3.8, 4) is 58.7 Å². The standard InChI is InChI=1S/C58H64N2O3S4/c1-4-7-10-13-15-17-22-41-34-47(35-45(39-59)58(61)62)64-56(41)51-30-31-52(66-51)57-42(23-18-16-14-11-8-5-2)37-53(67-57)43-33-44-36-49(40-26-28-46(29-27-40)63-32-21-12-9-6-3)60-48-24-19-20-25-50(48)65-54(38-43)55(44)60/h19-20,24-31,33-38H,4-18,21-23,32H2,1-3H3,(H,61,62)/b45-35+. The molecule has 67 heavy (non-hydrogen) atoms. The van der Waals surface area contributed by atoms with Gasteiger partial charge in [-0.15, -0.1) is 34.0 Å². The second-order valence-corrected chi connectivity index (χ2v) is 22.2. The number of hydrogen-bond acceptors (Lipinski definition) is 7. The highest BCUT2D eigenvalue weighted by Gasteiger charge is 2.25. The lowest BCUT2D eigenvalue weighted by Gasteiger charge is -2.22. The molecule has 5 heterocycles. The van der Waals surface area contributed by atoms with Crippen LogP contribution in [0.15, 0.2) is 106 Å². The molecule has 0 radical (unpaired) electrons. The van der Waals surface area contributed by atoms with Gasteiger partial charge < -0.3 is 14.4 Å². The van der Waals surface area contributed by atoms with Crippen LogP contribution in [0, 0.1) is 11.3 Å². The quantitative estimate of drug-likeness (QED) is 0.0332. The molecule has 0 aliphatic carbocycles. The van der Waals surface area contributed by atoms with Gasteiger partial charge in [0, 0.05) is 44.4 Å². The van der Waals surface area contributed by atoms with Crippen LogP contribution in [0.5, 0.6) is 5.75 Å². The Labute approximate surface area is 414 Å². The lowest BCUT2D eigenvalue weighted by Crippen LogP contribution is -2.03. The summed E-state index contributed by atoms with van der Waals surface area (Å²) in [5.74, 6) is -0.263. The number of nitriles is 1. The van der Waals surface area contributed by atoms with E-state index in [1.54, 1.807) is 17.4 Å². The minimum atomic E-state index is -1.19. The van der Waals surface area contributed by atoms with Crippen molar-refractivity contribution in [2.45, 2.75) is 146 Å². The average Bonchev–Trinajstić information content (AvgIpc) is 4.16. The highest BCUT2D eigenvalue weighted by Crippen LogP contribution is 2.51. The lowest BCUT2D eigenvalue weighted by atomic mass is 10.0. The fraction of sp³-hybridized carbons (Fsp3) is 0.379. The number of unbranched alkanes of at least 4 members (excludes halogenated alkanes) is 13. The van der Waals surface area contributed by atoms with Gasteiger partial charge >= 0.3 is 5.97 Å². The van der Waals surface area contributed by atoms with E-state index in [0.29, 0.717) is 0 Å². The number of carbonyl (C=O) groups is 1. The molecule has 3 aromatic carbocycles. The molecule has 9 heteroatoms. The third kappa shape index (κ3) is 11.9. The van der Waals surface area contributed by atoms with Crippen molar-refractivity contribution in [2.24, 2.45) is 0 Å². The molecule has 0 fully saturated rings. The number of rotatable bonds is 26. The average molecular weight is 965 g/mol. The smallest absolute Gasteiger partial charge is 0.346 e. The molecule has 0 saturated heterocycles. The van der Waals surface area contributed by atoms with E-state index in [2.05, 4.69) is 116 Å². The number of benzene rings is 3. The van der Waals surface area contributed by atoms with Crippen LogP contribution in [0.1, 0.15) is 140 Å². The molecule has 0 bridgehead atoms. The van der Waals surface area contributed by atoms with Gasteiger partial charge in [0.05, 0.1) is 23.5 Å². The van der Waals surface area contributed by atoms with Crippen LogP contribution in [0.25, 0.3) is 63.9 Å². The first-order valence-corrected chi connectivity index (χ1v) is 28.1. The van der Waals surface area contributed by atoms with E-state index in [9.17, 15) is 15.2 Å². The zero-order chi connectivity index (χ0) is 46.5. The number of fused-ring (bicyclic) bond motifs is 2. The summed E-state index contributed by atoms with van der Waals surface area (Å²) >= 11 is 7.25. The summed E-state index contributed by atoms with van der Waals surface area (Å²) in [7, 11) is 0. The predicted molar refractivity (Wildman–Crippen MR) is 288 cm³/mol. The molecular weight excluding hydrogens is 901 g/mol. The topological polar surface area (TPSA) is 75.2 Å². The SMILES string of the molecule is CCCCCCCCc1cc(/C=C(\C#N)C(=O)O)sc1-c1ccc(-c2sc(-c3cc4c5c(c3)cc(-c3ccc(OCCCCCC)cc3)n5-c3ccccc3S4)cc2CCCCCCCC)s1. The van der Waals surface area contributed by atoms with Crippen molar-refractivity contribution in [3.05, 3.63) is 113 Å². The number of hydrogen-bond donors (Lipinski definition) is 1. The number of para-hydroxylation sites is 1. The Morgan fingerprint density at radius 2 is 1.27 bits per heavy atom. The first kappa shape index (κ1) is 48.6. The van der Waals surface area contributed by atoms with Crippen molar-refractivity contribution < 1.29 is 14.6 Å². The van der Waals surface area contributed by atoms with Crippen LogP contribution in [0.3, 0.4) is 0 Å². The van der Waals surface area contributed by atoms with Crippen molar-refractivity contribution >= 4 is 68.7 Å². The van der Waals surface area contributed by atoms with Crippen LogP contribution >= 0.6 is 45.8 Å². The molecular formula is C58H64N2O3S4. The van der Waals surface area contributed by atoms with Gasteiger partial charge in [-0.1, -0.05) is 128 Å². The Hall–Kier alpha value is -4.85. The second-order valence-electron chi connectivity index (χ2n) is 17.9. The highest BCUT2D eigenvalue weighted by molar-refractivity contribution is 7.99. The van der Waals surface area contributed by atoms with E-state index in [-0.39, 0.29) is 5.57 Å². The largest absolute Gasteiger partial charge is 0.494 e. The lowest BCUT2D eigenvalue weighted by molar-refractivity contribution is -0.132. The number of nitrogens with zero attached hydrogens (tertiary/aromatic N) is 2. The van der Waals surface area contributed by atoms with Gasteiger partial charge in [0.2, 0.25) is 0 Å². The van der Waals surface area contributed by atoms with Crippen LogP contribution in [-0.2, 0) is 17.6 Å².